The molecule has 0 saturated carbocycles. The van der Waals surface area contributed by atoms with Crippen LogP contribution >= 0.6 is 0 Å². The third-order valence-corrected chi connectivity index (χ3v) is 3.69. The molecule has 0 atom stereocenters. The van der Waals surface area contributed by atoms with E-state index in [1.807, 2.05) is 12.2 Å². The van der Waals surface area contributed by atoms with Gasteiger partial charge in [0.05, 0.1) is 0 Å². The Morgan fingerprint density at radius 2 is 1.96 bits per heavy atom. The predicted octanol–water partition coefficient (Wildman–Crippen LogP) is 4.38. The molecule has 24 heavy (non-hydrogen) atoms. The molecule has 6 heteroatoms. The van der Waals surface area contributed by atoms with E-state index in [1.54, 1.807) is 17.9 Å². The SMILES string of the molecule is C=C/C=C\CC1=C(C)C(=O)N(Cc2ccc(OC(F)(F)F)cc2)C1. The van der Waals surface area contributed by atoms with Gasteiger partial charge >= 0.3 is 6.36 Å². The van der Waals surface area contributed by atoms with Crippen molar-refractivity contribution in [2.75, 3.05) is 6.54 Å². The van der Waals surface area contributed by atoms with Gasteiger partial charge in [-0.1, -0.05) is 36.9 Å². The Balaban J connectivity index is 1.98. The molecule has 2 rings (SSSR count). The largest absolute Gasteiger partial charge is 0.573 e. The monoisotopic (exact) mass is 337 g/mol. The quantitative estimate of drug-likeness (QED) is 0.721. The molecular formula is C18H18F3NO2. The molecular weight excluding hydrogens is 319 g/mol. The van der Waals surface area contributed by atoms with Crippen LogP contribution in [0.2, 0.25) is 0 Å². The Hall–Kier alpha value is -2.50. The number of alkyl halides is 3. The van der Waals surface area contributed by atoms with E-state index < -0.39 is 6.36 Å². The van der Waals surface area contributed by atoms with E-state index in [2.05, 4.69) is 11.3 Å². The molecule has 1 amide bonds. The van der Waals surface area contributed by atoms with E-state index in [1.165, 1.54) is 24.3 Å². The van der Waals surface area contributed by atoms with Crippen LogP contribution in [0.5, 0.6) is 5.75 Å². The number of hydrogen-bond donors (Lipinski definition) is 0. The van der Waals surface area contributed by atoms with Gasteiger partial charge in [0.15, 0.2) is 0 Å². The normalized spacial score (nSPS) is 15.5. The summed E-state index contributed by atoms with van der Waals surface area (Å²) in [5, 5.41) is 0. The molecule has 0 radical (unpaired) electrons. The van der Waals surface area contributed by atoms with E-state index in [0.717, 1.165) is 16.7 Å². The van der Waals surface area contributed by atoms with Crippen molar-refractivity contribution in [3.63, 3.8) is 0 Å². The number of ether oxygens (including phenoxy) is 1. The van der Waals surface area contributed by atoms with E-state index in [9.17, 15) is 18.0 Å². The van der Waals surface area contributed by atoms with Gasteiger partial charge in [-0.15, -0.1) is 13.2 Å². The van der Waals surface area contributed by atoms with Crippen LogP contribution in [0.15, 0.2) is 60.2 Å². The minimum Gasteiger partial charge on any atom is -0.406 e. The standard InChI is InChI=1S/C18H18F3NO2/c1-3-4-5-6-15-12-22(17(23)13(15)2)11-14-7-9-16(10-8-14)24-18(19,20)21/h3-5,7-10H,1,6,11-12H2,2H3/b5-4-. The van der Waals surface area contributed by atoms with Crippen LogP contribution in [-0.4, -0.2) is 23.7 Å². The summed E-state index contributed by atoms with van der Waals surface area (Å²) >= 11 is 0. The molecule has 0 fully saturated rings. The van der Waals surface area contributed by atoms with Gasteiger partial charge in [0.2, 0.25) is 5.91 Å². The van der Waals surface area contributed by atoms with Crippen LogP contribution in [-0.2, 0) is 11.3 Å². The fourth-order valence-corrected chi connectivity index (χ4v) is 2.48. The zero-order valence-corrected chi connectivity index (χ0v) is 13.3. The summed E-state index contributed by atoms with van der Waals surface area (Å²) in [5.41, 5.74) is 2.50. The molecule has 0 saturated heterocycles. The minimum atomic E-state index is -4.71. The first-order chi connectivity index (χ1) is 11.3. The fourth-order valence-electron chi connectivity index (χ4n) is 2.48. The summed E-state index contributed by atoms with van der Waals surface area (Å²) in [4.78, 5) is 13.9. The number of rotatable bonds is 6. The average molecular weight is 337 g/mol. The molecule has 1 aromatic carbocycles. The summed E-state index contributed by atoms with van der Waals surface area (Å²) < 4.78 is 40.3. The van der Waals surface area contributed by atoms with Crippen molar-refractivity contribution in [2.24, 2.45) is 0 Å². The molecule has 128 valence electrons. The Kier molecular flexibility index (Phi) is 5.49. The van der Waals surface area contributed by atoms with Crippen LogP contribution in [0.25, 0.3) is 0 Å². The van der Waals surface area contributed by atoms with Gasteiger partial charge in [-0.3, -0.25) is 4.79 Å². The number of hydrogen-bond acceptors (Lipinski definition) is 2. The fraction of sp³-hybridized carbons (Fsp3) is 0.278. The second-order valence-electron chi connectivity index (χ2n) is 5.45. The van der Waals surface area contributed by atoms with Gasteiger partial charge in [0.25, 0.3) is 0 Å². The zero-order chi connectivity index (χ0) is 17.7. The highest BCUT2D eigenvalue weighted by molar-refractivity contribution is 5.96. The maximum Gasteiger partial charge on any atom is 0.573 e. The third kappa shape index (κ3) is 4.75. The van der Waals surface area contributed by atoms with Gasteiger partial charge in [-0.05, 0) is 36.6 Å². The molecule has 0 aliphatic carbocycles. The zero-order valence-electron chi connectivity index (χ0n) is 13.3. The molecule has 3 nitrogen and oxygen atoms in total. The Morgan fingerprint density at radius 1 is 1.29 bits per heavy atom. The molecule has 0 aromatic heterocycles. The number of allylic oxidation sites excluding steroid dienone is 3. The van der Waals surface area contributed by atoms with Crippen LogP contribution < -0.4 is 4.74 Å². The molecule has 0 spiro atoms. The van der Waals surface area contributed by atoms with Crippen molar-refractivity contribution in [1.82, 2.24) is 4.90 Å². The van der Waals surface area contributed by atoms with Gasteiger partial charge in [0, 0.05) is 18.7 Å². The lowest BCUT2D eigenvalue weighted by Crippen LogP contribution is -2.26. The summed E-state index contributed by atoms with van der Waals surface area (Å²) in [7, 11) is 0. The summed E-state index contributed by atoms with van der Waals surface area (Å²) in [6, 6.07) is 5.55. The van der Waals surface area contributed by atoms with Crippen molar-refractivity contribution in [2.45, 2.75) is 26.3 Å². The highest BCUT2D eigenvalue weighted by atomic mass is 19.4. The van der Waals surface area contributed by atoms with E-state index in [0.29, 0.717) is 19.5 Å². The van der Waals surface area contributed by atoms with E-state index in [4.69, 9.17) is 0 Å². The van der Waals surface area contributed by atoms with Crippen molar-refractivity contribution in [3.8, 4) is 5.75 Å². The number of amides is 1. The van der Waals surface area contributed by atoms with E-state index >= 15 is 0 Å². The molecule has 0 unspecified atom stereocenters. The van der Waals surface area contributed by atoms with Gasteiger partial charge in [0.1, 0.15) is 5.75 Å². The molecule has 1 aromatic rings. The first kappa shape index (κ1) is 17.8. The Morgan fingerprint density at radius 3 is 2.54 bits per heavy atom. The Bertz CT molecular complexity index is 672. The van der Waals surface area contributed by atoms with Gasteiger partial charge < -0.3 is 9.64 Å². The van der Waals surface area contributed by atoms with Gasteiger partial charge in [-0.25, -0.2) is 0 Å². The second-order valence-corrected chi connectivity index (χ2v) is 5.45. The number of nitrogens with zero attached hydrogens (tertiary/aromatic N) is 1. The molecule has 0 bridgehead atoms. The maximum atomic E-state index is 12.3. The average Bonchev–Trinajstić information content (AvgIpc) is 2.76. The number of halogens is 3. The first-order valence-electron chi connectivity index (χ1n) is 7.40. The molecule has 1 aliphatic rings. The maximum absolute atomic E-state index is 12.3. The predicted molar refractivity (Wildman–Crippen MR) is 85.2 cm³/mol. The Labute approximate surface area is 138 Å². The van der Waals surface area contributed by atoms with Gasteiger partial charge in [-0.2, -0.15) is 0 Å². The van der Waals surface area contributed by atoms with Crippen LogP contribution in [0.3, 0.4) is 0 Å². The number of carbonyl (C=O) groups excluding carboxylic acids is 1. The summed E-state index contributed by atoms with van der Waals surface area (Å²) in [5.74, 6) is -0.323. The lowest BCUT2D eigenvalue weighted by atomic mass is 10.1. The highest BCUT2D eigenvalue weighted by Gasteiger charge is 2.31. The van der Waals surface area contributed by atoms with Crippen molar-refractivity contribution in [1.29, 1.82) is 0 Å². The smallest absolute Gasteiger partial charge is 0.406 e. The first-order valence-corrected chi connectivity index (χ1v) is 7.40. The third-order valence-electron chi connectivity index (χ3n) is 3.69. The minimum absolute atomic E-state index is 0.0485. The second kappa shape index (κ2) is 7.38. The van der Waals surface area contributed by atoms with Crippen molar-refractivity contribution in [3.05, 3.63) is 65.8 Å². The number of benzene rings is 1. The van der Waals surface area contributed by atoms with Crippen LogP contribution in [0.1, 0.15) is 18.9 Å². The lowest BCUT2D eigenvalue weighted by Gasteiger charge is -2.17. The van der Waals surface area contributed by atoms with Crippen molar-refractivity contribution >= 4 is 5.91 Å². The van der Waals surface area contributed by atoms with Crippen molar-refractivity contribution < 1.29 is 22.7 Å². The summed E-state index contributed by atoms with van der Waals surface area (Å²) in [6.45, 7) is 6.25. The molecule has 1 aliphatic heterocycles. The summed E-state index contributed by atoms with van der Waals surface area (Å²) in [6.07, 6.45) is 1.41. The topological polar surface area (TPSA) is 29.5 Å². The van der Waals surface area contributed by atoms with Crippen LogP contribution in [0.4, 0.5) is 13.2 Å². The highest BCUT2D eigenvalue weighted by Crippen LogP contribution is 2.26. The molecule has 0 N–H and O–H groups in total. The lowest BCUT2D eigenvalue weighted by molar-refractivity contribution is -0.274. The number of carbonyl (C=O) groups is 1. The molecule has 1 heterocycles. The van der Waals surface area contributed by atoms with Crippen LogP contribution in [0, 0.1) is 0 Å². The van der Waals surface area contributed by atoms with E-state index in [-0.39, 0.29) is 11.7 Å².